The molecule has 0 unspecified atom stereocenters. The van der Waals surface area contributed by atoms with Gasteiger partial charge in [0.25, 0.3) is 5.56 Å². The number of halogens is 2. The average Bonchev–Trinajstić information content (AvgIpc) is 2.33. The Kier molecular flexibility index (Phi) is 3.83. The van der Waals surface area contributed by atoms with Crippen molar-refractivity contribution in [3.8, 4) is 5.69 Å². The quantitative estimate of drug-likeness (QED) is 0.867. The first kappa shape index (κ1) is 13.9. The van der Waals surface area contributed by atoms with E-state index in [9.17, 15) is 9.59 Å². The van der Waals surface area contributed by atoms with Crippen molar-refractivity contribution in [2.75, 3.05) is 0 Å². The van der Waals surface area contributed by atoms with Gasteiger partial charge in [0.2, 0.25) is 0 Å². The van der Waals surface area contributed by atoms with E-state index in [2.05, 4.69) is 4.98 Å². The van der Waals surface area contributed by atoms with Crippen molar-refractivity contribution in [3.63, 3.8) is 0 Å². The number of H-pyrrole nitrogens is 1. The molecule has 2 rings (SSSR count). The number of benzene rings is 1. The van der Waals surface area contributed by atoms with Crippen LogP contribution in [0.2, 0.25) is 10.2 Å². The van der Waals surface area contributed by atoms with Crippen LogP contribution >= 0.6 is 23.2 Å². The number of hydrogen-bond donors (Lipinski definition) is 1. The molecule has 0 aliphatic heterocycles. The van der Waals surface area contributed by atoms with E-state index in [1.807, 2.05) is 0 Å². The van der Waals surface area contributed by atoms with Gasteiger partial charge in [0, 0.05) is 5.02 Å². The Hall–Kier alpha value is -1.52. The molecule has 6 heteroatoms. The van der Waals surface area contributed by atoms with Gasteiger partial charge in [-0.2, -0.15) is 0 Å². The van der Waals surface area contributed by atoms with Gasteiger partial charge >= 0.3 is 5.69 Å². The minimum absolute atomic E-state index is 0.0911. The molecule has 4 nitrogen and oxygen atoms in total. The minimum atomic E-state index is -0.572. The molecular weight excluding hydrogens is 287 g/mol. The van der Waals surface area contributed by atoms with Crippen LogP contribution in [0.4, 0.5) is 0 Å². The van der Waals surface area contributed by atoms with Crippen molar-refractivity contribution >= 4 is 23.2 Å². The van der Waals surface area contributed by atoms with Crippen molar-refractivity contribution in [1.82, 2.24) is 9.55 Å². The van der Waals surface area contributed by atoms with Crippen LogP contribution in [0.15, 0.2) is 27.8 Å². The zero-order chi connectivity index (χ0) is 14.2. The molecule has 19 heavy (non-hydrogen) atoms. The van der Waals surface area contributed by atoms with E-state index in [0.717, 1.165) is 10.1 Å². The molecule has 1 heterocycles. The highest BCUT2D eigenvalue weighted by atomic mass is 35.5. The lowest BCUT2D eigenvalue weighted by molar-refractivity contribution is 0.837. The van der Waals surface area contributed by atoms with Crippen LogP contribution in [0, 0.1) is 6.92 Å². The van der Waals surface area contributed by atoms with E-state index in [4.69, 9.17) is 23.2 Å². The molecule has 0 fully saturated rings. The van der Waals surface area contributed by atoms with Gasteiger partial charge < -0.3 is 0 Å². The summed E-state index contributed by atoms with van der Waals surface area (Å²) >= 11 is 11.8. The molecule has 1 aromatic carbocycles. The highest BCUT2D eigenvalue weighted by Crippen LogP contribution is 2.17. The standard InChI is InChI=1S/C13H12Cl2N2O2/c1-3-9-11(15)16-13(19)17(12(9)18)10-6-8(14)5-4-7(10)2/h4-6H,3H2,1-2H3,(H,16,19). The lowest BCUT2D eigenvalue weighted by Gasteiger charge is -2.10. The predicted octanol–water partition coefficient (Wildman–Crippen LogP) is 2.70. The summed E-state index contributed by atoms with van der Waals surface area (Å²) in [4.78, 5) is 26.8. The first-order valence-electron chi connectivity index (χ1n) is 5.76. The summed E-state index contributed by atoms with van der Waals surface area (Å²) < 4.78 is 1.06. The van der Waals surface area contributed by atoms with E-state index >= 15 is 0 Å². The first-order valence-corrected chi connectivity index (χ1v) is 6.51. The number of hydrogen-bond acceptors (Lipinski definition) is 2. The van der Waals surface area contributed by atoms with E-state index in [0.29, 0.717) is 22.7 Å². The van der Waals surface area contributed by atoms with Crippen molar-refractivity contribution in [2.45, 2.75) is 20.3 Å². The number of nitrogens with zero attached hydrogens (tertiary/aromatic N) is 1. The second kappa shape index (κ2) is 5.23. The third-order valence-electron chi connectivity index (χ3n) is 2.91. The Morgan fingerprint density at radius 1 is 1.26 bits per heavy atom. The van der Waals surface area contributed by atoms with Crippen LogP contribution in [0.3, 0.4) is 0 Å². The summed E-state index contributed by atoms with van der Waals surface area (Å²) in [6, 6.07) is 5.04. The molecule has 1 aromatic heterocycles. The Morgan fingerprint density at radius 3 is 2.58 bits per heavy atom. The topological polar surface area (TPSA) is 54.9 Å². The minimum Gasteiger partial charge on any atom is -0.297 e. The average molecular weight is 299 g/mol. The predicted molar refractivity (Wildman–Crippen MR) is 76.8 cm³/mol. The fourth-order valence-electron chi connectivity index (χ4n) is 1.89. The molecule has 0 aliphatic rings. The highest BCUT2D eigenvalue weighted by Gasteiger charge is 2.14. The molecule has 0 radical (unpaired) electrons. The van der Waals surface area contributed by atoms with E-state index in [-0.39, 0.29) is 5.15 Å². The number of aromatic amines is 1. The van der Waals surface area contributed by atoms with E-state index < -0.39 is 11.2 Å². The molecule has 0 saturated heterocycles. The van der Waals surface area contributed by atoms with Crippen LogP contribution in [-0.2, 0) is 6.42 Å². The van der Waals surface area contributed by atoms with Crippen LogP contribution in [0.25, 0.3) is 5.69 Å². The van der Waals surface area contributed by atoms with Crippen molar-refractivity contribution < 1.29 is 0 Å². The summed E-state index contributed by atoms with van der Waals surface area (Å²) in [5, 5.41) is 0.549. The smallest absolute Gasteiger partial charge is 0.297 e. The maximum Gasteiger partial charge on any atom is 0.334 e. The summed E-state index contributed by atoms with van der Waals surface area (Å²) in [5.74, 6) is 0. The number of rotatable bonds is 2. The van der Waals surface area contributed by atoms with Crippen molar-refractivity contribution in [1.29, 1.82) is 0 Å². The zero-order valence-corrected chi connectivity index (χ0v) is 12.0. The number of nitrogens with one attached hydrogen (secondary N) is 1. The molecular formula is C13H12Cl2N2O2. The van der Waals surface area contributed by atoms with Gasteiger partial charge in [0.15, 0.2) is 0 Å². The lowest BCUT2D eigenvalue weighted by atomic mass is 10.2. The van der Waals surface area contributed by atoms with Crippen LogP contribution < -0.4 is 11.2 Å². The molecule has 0 bridgehead atoms. The van der Waals surface area contributed by atoms with Gasteiger partial charge in [-0.1, -0.05) is 36.2 Å². The maximum atomic E-state index is 12.3. The normalized spacial score (nSPS) is 10.7. The largest absolute Gasteiger partial charge is 0.334 e. The summed E-state index contributed by atoms with van der Waals surface area (Å²) in [6.07, 6.45) is 0.439. The van der Waals surface area contributed by atoms with Crippen molar-refractivity contribution in [2.24, 2.45) is 0 Å². The van der Waals surface area contributed by atoms with Crippen molar-refractivity contribution in [3.05, 3.63) is 60.3 Å². The fraction of sp³-hybridized carbons (Fsp3) is 0.231. The Labute approximate surface area is 119 Å². The fourth-order valence-corrected chi connectivity index (χ4v) is 2.36. The second-order valence-electron chi connectivity index (χ2n) is 4.15. The molecule has 0 aliphatic carbocycles. The van der Waals surface area contributed by atoms with Gasteiger partial charge in [0.1, 0.15) is 5.15 Å². The van der Waals surface area contributed by atoms with Gasteiger partial charge in [-0.15, -0.1) is 0 Å². The summed E-state index contributed by atoms with van der Waals surface area (Å²) in [7, 11) is 0. The van der Waals surface area contributed by atoms with E-state index in [1.165, 1.54) is 0 Å². The summed E-state index contributed by atoms with van der Waals surface area (Å²) in [5.41, 5.74) is 0.631. The third-order valence-corrected chi connectivity index (χ3v) is 3.47. The number of aryl methyl sites for hydroxylation is 1. The Balaban J connectivity index is 2.87. The second-order valence-corrected chi connectivity index (χ2v) is 4.96. The van der Waals surface area contributed by atoms with Crippen LogP contribution in [0.5, 0.6) is 0 Å². The lowest BCUT2D eigenvalue weighted by Crippen LogP contribution is -2.36. The third kappa shape index (κ3) is 2.46. The van der Waals surface area contributed by atoms with Gasteiger partial charge in [-0.05, 0) is 31.0 Å². The van der Waals surface area contributed by atoms with Crippen LogP contribution in [-0.4, -0.2) is 9.55 Å². The SMILES string of the molecule is CCc1c(Cl)[nH]c(=O)n(-c2cc(Cl)ccc2C)c1=O. The Morgan fingerprint density at radius 2 is 1.95 bits per heavy atom. The van der Waals surface area contributed by atoms with Gasteiger partial charge in [-0.3, -0.25) is 9.78 Å². The molecule has 0 spiro atoms. The zero-order valence-electron chi connectivity index (χ0n) is 10.5. The maximum absolute atomic E-state index is 12.3. The Bertz CT molecular complexity index is 747. The molecule has 2 aromatic rings. The molecule has 0 amide bonds. The molecule has 100 valence electrons. The molecule has 0 saturated carbocycles. The van der Waals surface area contributed by atoms with Gasteiger partial charge in [-0.25, -0.2) is 9.36 Å². The first-order chi connectivity index (χ1) is 8.95. The summed E-state index contributed by atoms with van der Waals surface area (Å²) in [6.45, 7) is 3.61. The number of aromatic nitrogens is 2. The van der Waals surface area contributed by atoms with Gasteiger partial charge in [0.05, 0.1) is 11.3 Å². The molecule has 0 atom stereocenters. The molecule has 1 N–H and O–H groups in total. The van der Waals surface area contributed by atoms with E-state index in [1.54, 1.807) is 32.0 Å². The highest BCUT2D eigenvalue weighted by molar-refractivity contribution is 6.30. The van der Waals surface area contributed by atoms with Crippen LogP contribution in [0.1, 0.15) is 18.1 Å². The monoisotopic (exact) mass is 298 g/mol.